The number of nitrogens with zero attached hydrogens (tertiary/aromatic N) is 7. The molecule has 25 heavy (non-hydrogen) atoms. The third-order valence-electron chi connectivity index (χ3n) is 4.21. The first kappa shape index (κ1) is 15.9. The van der Waals surface area contributed by atoms with E-state index >= 15 is 0 Å². The van der Waals surface area contributed by atoms with Gasteiger partial charge in [0.05, 0.1) is 13.2 Å². The largest absolute Gasteiger partial charge is 0.366 e. The fourth-order valence-electron chi connectivity index (χ4n) is 2.93. The number of aryl methyl sites for hydroxylation is 1. The maximum atomic E-state index is 5.83. The van der Waals surface area contributed by atoms with Crippen molar-refractivity contribution in [2.24, 2.45) is 0 Å². The van der Waals surface area contributed by atoms with Gasteiger partial charge in [-0.1, -0.05) is 20.8 Å². The first-order valence-corrected chi connectivity index (χ1v) is 8.40. The Kier molecular flexibility index (Phi) is 3.68. The number of hydrogen-bond donors (Lipinski definition) is 1. The van der Waals surface area contributed by atoms with Crippen LogP contribution in [-0.4, -0.2) is 54.7 Å². The van der Waals surface area contributed by atoms with Crippen molar-refractivity contribution in [3.05, 3.63) is 29.6 Å². The Balaban J connectivity index is 1.64. The Morgan fingerprint density at radius 3 is 2.80 bits per heavy atom. The molecule has 3 aromatic rings. The van der Waals surface area contributed by atoms with Crippen molar-refractivity contribution in [3.63, 3.8) is 0 Å². The predicted molar refractivity (Wildman–Crippen MR) is 91.5 cm³/mol. The van der Waals surface area contributed by atoms with Crippen LogP contribution in [0.4, 0.5) is 5.82 Å². The van der Waals surface area contributed by atoms with Gasteiger partial charge >= 0.3 is 0 Å². The fourth-order valence-corrected chi connectivity index (χ4v) is 2.93. The molecular weight excluding hydrogens is 320 g/mol. The van der Waals surface area contributed by atoms with Gasteiger partial charge in [-0.25, -0.2) is 4.98 Å². The third-order valence-corrected chi connectivity index (χ3v) is 4.21. The zero-order valence-corrected chi connectivity index (χ0v) is 14.9. The molecule has 1 saturated heterocycles. The molecule has 0 bridgehead atoms. The summed E-state index contributed by atoms with van der Waals surface area (Å²) in [6.07, 6.45) is -0.167. The van der Waals surface area contributed by atoms with E-state index in [1.54, 1.807) is 0 Å². The maximum Gasteiger partial charge on any atom is 0.181 e. The summed E-state index contributed by atoms with van der Waals surface area (Å²) in [7, 11) is 0. The topological polar surface area (TPSA) is 97.1 Å². The number of anilines is 1. The standard InChI is InChI=1S/C16H22N8O/c1-10-17-14(20-18-10)11-9-23(7-8-25-11)13-6-5-12-19-21-15(16(2,3)4)24(12)22-13/h5-6,11H,7-9H2,1-4H3,(H,17,18,20)/t11-/m1/s1. The van der Waals surface area contributed by atoms with Gasteiger partial charge in [-0.2, -0.15) is 9.61 Å². The second-order valence-electron chi connectivity index (χ2n) is 7.32. The molecule has 0 amide bonds. The SMILES string of the molecule is Cc1nc([C@H]2CN(c3ccc4nnc(C(C)(C)C)n4n3)CCO2)n[nH]1. The van der Waals surface area contributed by atoms with E-state index < -0.39 is 0 Å². The van der Waals surface area contributed by atoms with Crippen LogP contribution in [0.5, 0.6) is 0 Å². The minimum Gasteiger partial charge on any atom is -0.366 e. The Morgan fingerprint density at radius 2 is 2.08 bits per heavy atom. The van der Waals surface area contributed by atoms with Crippen molar-refractivity contribution < 1.29 is 4.74 Å². The molecule has 0 saturated carbocycles. The number of ether oxygens (including phenoxy) is 1. The van der Waals surface area contributed by atoms with Crippen molar-refractivity contribution in [1.82, 2.24) is 35.0 Å². The first-order chi connectivity index (χ1) is 11.9. The van der Waals surface area contributed by atoms with Crippen molar-refractivity contribution in [2.75, 3.05) is 24.6 Å². The van der Waals surface area contributed by atoms with Crippen LogP contribution >= 0.6 is 0 Å². The normalized spacial score (nSPS) is 18.9. The molecule has 0 unspecified atom stereocenters. The summed E-state index contributed by atoms with van der Waals surface area (Å²) < 4.78 is 7.66. The summed E-state index contributed by atoms with van der Waals surface area (Å²) >= 11 is 0. The predicted octanol–water partition coefficient (Wildman–Crippen LogP) is 1.43. The number of H-pyrrole nitrogens is 1. The van der Waals surface area contributed by atoms with E-state index in [0.717, 1.165) is 29.7 Å². The molecule has 9 nitrogen and oxygen atoms in total. The molecule has 0 spiro atoms. The van der Waals surface area contributed by atoms with Gasteiger partial charge in [0.25, 0.3) is 0 Å². The molecule has 132 valence electrons. The number of morpholine rings is 1. The molecule has 0 radical (unpaired) electrons. The number of nitrogens with one attached hydrogen (secondary N) is 1. The van der Waals surface area contributed by atoms with Gasteiger partial charge in [0.15, 0.2) is 17.3 Å². The number of hydrogen-bond acceptors (Lipinski definition) is 7. The van der Waals surface area contributed by atoms with Gasteiger partial charge in [-0.05, 0) is 19.1 Å². The zero-order chi connectivity index (χ0) is 17.6. The van der Waals surface area contributed by atoms with Crippen molar-refractivity contribution >= 4 is 11.5 Å². The highest BCUT2D eigenvalue weighted by molar-refractivity contribution is 5.46. The maximum absolute atomic E-state index is 5.83. The van der Waals surface area contributed by atoms with Gasteiger partial charge < -0.3 is 9.64 Å². The van der Waals surface area contributed by atoms with Crippen LogP contribution in [0, 0.1) is 6.92 Å². The monoisotopic (exact) mass is 342 g/mol. The number of rotatable bonds is 2. The van der Waals surface area contributed by atoms with Gasteiger partial charge in [-0.15, -0.1) is 15.3 Å². The fraction of sp³-hybridized carbons (Fsp3) is 0.562. The van der Waals surface area contributed by atoms with Gasteiger partial charge in [0.1, 0.15) is 17.7 Å². The Hall–Kier alpha value is -2.55. The first-order valence-electron chi connectivity index (χ1n) is 8.40. The van der Waals surface area contributed by atoms with E-state index in [4.69, 9.17) is 9.84 Å². The van der Waals surface area contributed by atoms with Crippen LogP contribution in [-0.2, 0) is 10.2 Å². The molecule has 1 N–H and O–H groups in total. The Labute approximate surface area is 145 Å². The number of aromatic nitrogens is 7. The lowest BCUT2D eigenvalue weighted by atomic mass is 9.96. The average Bonchev–Trinajstić information content (AvgIpc) is 3.20. The number of aromatic amines is 1. The van der Waals surface area contributed by atoms with Crippen molar-refractivity contribution in [3.8, 4) is 0 Å². The third kappa shape index (κ3) is 2.95. The Bertz CT molecular complexity index is 893. The summed E-state index contributed by atoms with van der Waals surface area (Å²) in [6.45, 7) is 10.2. The Morgan fingerprint density at radius 1 is 1.24 bits per heavy atom. The molecule has 0 aromatic carbocycles. The van der Waals surface area contributed by atoms with Crippen LogP contribution in [0.25, 0.3) is 5.65 Å². The van der Waals surface area contributed by atoms with E-state index in [0.29, 0.717) is 19.0 Å². The molecule has 0 aliphatic carbocycles. The van der Waals surface area contributed by atoms with Gasteiger partial charge in [0, 0.05) is 12.0 Å². The smallest absolute Gasteiger partial charge is 0.181 e. The van der Waals surface area contributed by atoms with Crippen LogP contribution in [0.2, 0.25) is 0 Å². The lowest BCUT2D eigenvalue weighted by Gasteiger charge is -2.32. The minimum absolute atomic E-state index is 0.130. The molecule has 9 heteroatoms. The minimum atomic E-state index is -0.167. The highest BCUT2D eigenvalue weighted by atomic mass is 16.5. The van der Waals surface area contributed by atoms with E-state index in [2.05, 4.69) is 51.0 Å². The summed E-state index contributed by atoms with van der Waals surface area (Å²) in [5.41, 5.74) is 0.623. The second-order valence-corrected chi connectivity index (χ2v) is 7.32. The summed E-state index contributed by atoms with van der Waals surface area (Å²) in [5.74, 6) is 3.19. The van der Waals surface area contributed by atoms with Gasteiger partial charge in [-0.3, -0.25) is 5.10 Å². The average molecular weight is 342 g/mol. The van der Waals surface area contributed by atoms with E-state index in [-0.39, 0.29) is 11.5 Å². The van der Waals surface area contributed by atoms with Crippen LogP contribution in [0.3, 0.4) is 0 Å². The summed E-state index contributed by atoms with van der Waals surface area (Å²) in [5, 5.41) is 20.4. The lowest BCUT2D eigenvalue weighted by Crippen LogP contribution is -2.39. The van der Waals surface area contributed by atoms with E-state index in [1.807, 2.05) is 23.6 Å². The summed E-state index contributed by atoms with van der Waals surface area (Å²) in [4.78, 5) is 6.57. The second kappa shape index (κ2) is 5.76. The summed E-state index contributed by atoms with van der Waals surface area (Å²) in [6, 6.07) is 3.92. The van der Waals surface area contributed by atoms with E-state index in [1.165, 1.54) is 0 Å². The van der Waals surface area contributed by atoms with Crippen LogP contribution in [0.1, 0.15) is 44.3 Å². The van der Waals surface area contributed by atoms with Crippen LogP contribution in [0.15, 0.2) is 12.1 Å². The molecule has 1 atom stereocenters. The lowest BCUT2D eigenvalue weighted by molar-refractivity contribution is 0.0339. The van der Waals surface area contributed by atoms with Crippen molar-refractivity contribution in [2.45, 2.75) is 39.2 Å². The zero-order valence-electron chi connectivity index (χ0n) is 14.9. The number of fused-ring (bicyclic) bond motifs is 1. The van der Waals surface area contributed by atoms with Crippen molar-refractivity contribution in [1.29, 1.82) is 0 Å². The van der Waals surface area contributed by atoms with Gasteiger partial charge in [0.2, 0.25) is 0 Å². The molecule has 1 aliphatic heterocycles. The molecule has 1 aliphatic rings. The van der Waals surface area contributed by atoms with E-state index in [9.17, 15) is 0 Å². The quantitative estimate of drug-likeness (QED) is 0.752. The molecule has 3 aromatic heterocycles. The molecule has 1 fully saturated rings. The highest BCUT2D eigenvalue weighted by Crippen LogP contribution is 2.25. The molecular formula is C16H22N8O. The van der Waals surface area contributed by atoms with Crippen LogP contribution < -0.4 is 4.90 Å². The molecule has 4 rings (SSSR count). The molecule has 4 heterocycles. The highest BCUT2D eigenvalue weighted by Gasteiger charge is 2.27.